The fourth-order valence-corrected chi connectivity index (χ4v) is 3.43. The number of nitrogens with one attached hydrogen (secondary N) is 1. The third-order valence-corrected chi connectivity index (χ3v) is 4.53. The molecule has 4 rings (SSSR count). The van der Waals surface area contributed by atoms with Crippen molar-refractivity contribution in [2.75, 3.05) is 13.1 Å². The van der Waals surface area contributed by atoms with Gasteiger partial charge in [-0.05, 0) is 24.1 Å². The van der Waals surface area contributed by atoms with E-state index in [9.17, 15) is 18.0 Å². The third kappa shape index (κ3) is 2.90. The molecular weight excluding hydrogens is 335 g/mol. The topological polar surface area (TPSA) is 74.8 Å². The second kappa shape index (κ2) is 5.68. The maximum atomic E-state index is 12.5. The largest absolute Gasteiger partial charge is 0.397 e. The summed E-state index contributed by atoms with van der Waals surface area (Å²) >= 11 is 0. The number of likely N-dealkylation sites (tertiary alicyclic amines) is 1. The van der Waals surface area contributed by atoms with E-state index in [0.29, 0.717) is 24.3 Å². The number of aromatic nitrogens is 4. The van der Waals surface area contributed by atoms with Crippen LogP contribution < -0.4 is 0 Å². The molecule has 9 heteroatoms. The number of hydrogen-bond acceptors (Lipinski definition) is 4. The number of nitrogens with zero attached hydrogens (tertiary/aromatic N) is 4. The van der Waals surface area contributed by atoms with Crippen LogP contribution in [-0.4, -0.2) is 50.2 Å². The van der Waals surface area contributed by atoms with E-state index < -0.39 is 18.5 Å². The first-order valence-electron chi connectivity index (χ1n) is 7.85. The lowest BCUT2D eigenvalue weighted by Gasteiger charge is -2.18. The van der Waals surface area contributed by atoms with E-state index in [4.69, 9.17) is 0 Å². The number of H-pyrrole nitrogens is 1. The molecule has 1 amide bonds. The number of rotatable bonds is 2. The highest BCUT2D eigenvalue weighted by atomic mass is 19.4. The van der Waals surface area contributed by atoms with Crippen molar-refractivity contribution in [3.05, 3.63) is 30.1 Å². The van der Waals surface area contributed by atoms with Gasteiger partial charge in [0.2, 0.25) is 5.91 Å². The number of carbonyl (C=O) groups is 1. The summed E-state index contributed by atoms with van der Waals surface area (Å²) in [4.78, 5) is 20.3. The molecule has 6 nitrogen and oxygen atoms in total. The number of pyridine rings is 1. The van der Waals surface area contributed by atoms with Gasteiger partial charge in [0.1, 0.15) is 6.42 Å². The summed E-state index contributed by atoms with van der Waals surface area (Å²) in [6.07, 6.45) is -1.91. The van der Waals surface area contributed by atoms with E-state index in [1.54, 1.807) is 12.4 Å². The van der Waals surface area contributed by atoms with Crippen LogP contribution in [0.5, 0.6) is 0 Å². The van der Waals surface area contributed by atoms with Gasteiger partial charge in [0, 0.05) is 42.2 Å². The summed E-state index contributed by atoms with van der Waals surface area (Å²) in [5.74, 6) is -0.918. The van der Waals surface area contributed by atoms with E-state index in [1.807, 2.05) is 12.1 Å². The molecule has 130 valence electrons. The van der Waals surface area contributed by atoms with Crippen molar-refractivity contribution in [1.29, 1.82) is 0 Å². The summed E-state index contributed by atoms with van der Waals surface area (Å²) in [6.45, 7) is 0.590. The van der Waals surface area contributed by atoms with Crippen LogP contribution in [-0.2, 0) is 4.79 Å². The van der Waals surface area contributed by atoms with Crippen LogP contribution in [0.1, 0.15) is 24.3 Å². The number of aromatic amines is 1. The number of fused-ring (bicyclic) bond motifs is 3. The second-order valence-corrected chi connectivity index (χ2v) is 6.16. The van der Waals surface area contributed by atoms with Crippen LogP contribution in [0.3, 0.4) is 0 Å². The molecule has 1 fully saturated rings. The highest BCUT2D eigenvalue weighted by Gasteiger charge is 2.36. The standard InChI is InChI=1S/C16H14F3N5O/c17-16(18,19)7-12(25)24-6-3-9(8-24)10-1-4-21-15-13(10)11-2-5-20-14(11)22-23-15/h1-2,4-5,9H,3,6-8H2,(H,21,23). The van der Waals surface area contributed by atoms with E-state index >= 15 is 0 Å². The Kier molecular flexibility index (Phi) is 3.59. The Hall–Kier alpha value is -2.71. The van der Waals surface area contributed by atoms with Gasteiger partial charge in [0.15, 0.2) is 11.3 Å². The summed E-state index contributed by atoms with van der Waals surface area (Å²) in [7, 11) is 0. The van der Waals surface area contributed by atoms with Gasteiger partial charge in [0.25, 0.3) is 0 Å². The molecule has 1 unspecified atom stereocenters. The van der Waals surface area contributed by atoms with Gasteiger partial charge in [-0.1, -0.05) is 0 Å². The molecule has 0 aliphatic carbocycles. The lowest BCUT2D eigenvalue weighted by molar-refractivity contribution is -0.160. The van der Waals surface area contributed by atoms with Gasteiger partial charge in [0.05, 0.1) is 0 Å². The van der Waals surface area contributed by atoms with E-state index in [1.165, 1.54) is 4.90 Å². The summed E-state index contributed by atoms with van der Waals surface area (Å²) in [5, 5.41) is 9.86. The van der Waals surface area contributed by atoms with E-state index in [-0.39, 0.29) is 12.5 Å². The Morgan fingerprint density at radius 3 is 2.96 bits per heavy atom. The Labute approximate surface area is 140 Å². The highest BCUT2D eigenvalue weighted by molar-refractivity contribution is 6.03. The third-order valence-electron chi connectivity index (χ3n) is 4.53. The molecule has 25 heavy (non-hydrogen) atoms. The predicted molar refractivity (Wildman–Crippen MR) is 83.8 cm³/mol. The van der Waals surface area contributed by atoms with Crippen LogP contribution >= 0.6 is 0 Å². The fraction of sp³-hybridized carbons (Fsp3) is 0.375. The molecule has 1 saturated heterocycles. The van der Waals surface area contributed by atoms with Gasteiger partial charge in [-0.25, -0.2) is 4.98 Å². The minimum atomic E-state index is -4.48. The first-order chi connectivity index (χ1) is 11.9. The number of carbonyl (C=O) groups excluding carboxylic acids is 1. The Bertz CT molecular complexity index is 952. The molecule has 0 spiro atoms. The highest BCUT2D eigenvalue weighted by Crippen LogP contribution is 2.35. The molecule has 1 aliphatic heterocycles. The normalized spacial score (nSPS) is 18.4. The average Bonchev–Trinajstić information content (AvgIpc) is 3.22. The molecule has 1 atom stereocenters. The molecule has 3 aromatic rings. The monoisotopic (exact) mass is 349 g/mol. The van der Waals surface area contributed by atoms with Crippen molar-refractivity contribution in [3.63, 3.8) is 0 Å². The number of halogens is 3. The van der Waals surface area contributed by atoms with Crippen LogP contribution in [0.15, 0.2) is 24.5 Å². The average molecular weight is 349 g/mol. The lowest BCUT2D eigenvalue weighted by Crippen LogP contribution is -2.32. The number of amides is 1. The van der Waals surface area contributed by atoms with Crippen LogP contribution in [0, 0.1) is 0 Å². The molecule has 1 aliphatic rings. The molecule has 1 N–H and O–H groups in total. The van der Waals surface area contributed by atoms with Crippen molar-refractivity contribution in [3.8, 4) is 0 Å². The zero-order chi connectivity index (χ0) is 17.6. The van der Waals surface area contributed by atoms with Crippen LogP contribution in [0.2, 0.25) is 0 Å². The van der Waals surface area contributed by atoms with Gasteiger partial charge < -0.3 is 9.88 Å². The van der Waals surface area contributed by atoms with Gasteiger partial charge in [-0.15, -0.1) is 10.2 Å². The smallest absolute Gasteiger partial charge is 0.345 e. The SMILES string of the molecule is O=C(CC(F)(F)F)N1CCC(c2cc[nH]c3nnc4nccc4c23)C1. The summed E-state index contributed by atoms with van der Waals surface area (Å²) in [6, 6.07) is 3.73. The molecule has 0 aromatic carbocycles. The quantitative estimate of drug-likeness (QED) is 0.772. The van der Waals surface area contributed by atoms with Crippen molar-refractivity contribution >= 4 is 28.0 Å². The number of alkyl halides is 3. The molecule has 0 radical (unpaired) electrons. The summed E-state index contributed by atoms with van der Waals surface area (Å²) in [5.41, 5.74) is 2.07. The van der Waals surface area contributed by atoms with E-state index in [2.05, 4.69) is 20.2 Å². The zero-order valence-corrected chi connectivity index (χ0v) is 13.0. The van der Waals surface area contributed by atoms with Crippen molar-refractivity contribution in [2.24, 2.45) is 0 Å². The van der Waals surface area contributed by atoms with Crippen LogP contribution in [0.25, 0.3) is 22.1 Å². The van der Waals surface area contributed by atoms with Gasteiger partial charge in [-0.2, -0.15) is 13.2 Å². The first kappa shape index (κ1) is 15.8. The maximum absolute atomic E-state index is 12.5. The minimum Gasteiger partial charge on any atom is -0.345 e. The van der Waals surface area contributed by atoms with Crippen molar-refractivity contribution in [1.82, 2.24) is 25.1 Å². The van der Waals surface area contributed by atoms with Crippen LogP contribution in [0.4, 0.5) is 13.2 Å². The minimum absolute atomic E-state index is 0.0448. The fourth-order valence-electron chi connectivity index (χ4n) is 3.43. The Balaban J connectivity index is 1.67. The second-order valence-electron chi connectivity index (χ2n) is 6.16. The Morgan fingerprint density at radius 1 is 1.32 bits per heavy atom. The van der Waals surface area contributed by atoms with Gasteiger partial charge >= 0.3 is 6.18 Å². The van der Waals surface area contributed by atoms with Crippen molar-refractivity contribution in [2.45, 2.75) is 24.9 Å². The number of hydrogen-bond donors (Lipinski definition) is 1. The summed E-state index contributed by atoms with van der Waals surface area (Å²) < 4.78 is 37.4. The lowest BCUT2D eigenvalue weighted by atomic mass is 9.95. The molecular formula is C16H14F3N5O. The van der Waals surface area contributed by atoms with Crippen molar-refractivity contribution < 1.29 is 18.0 Å². The van der Waals surface area contributed by atoms with E-state index in [0.717, 1.165) is 16.3 Å². The molecule has 0 bridgehead atoms. The first-order valence-corrected chi connectivity index (χ1v) is 7.85. The zero-order valence-electron chi connectivity index (χ0n) is 13.0. The molecule has 3 aromatic heterocycles. The van der Waals surface area contributed by atoms with Gasteiger partial charge in [-0.3, -0.25) is 4.79 Å². The maximum Gasteiger partial charge on any atom is 0.397 e. The molecule has 0 saturated carbocycles. The predicted octanol–water partition coefficient (Wildman–Crippen LogP) is 2.77. The Morgan fingerprint density at radius 2 is 2.16 bits per heavy atom. The molecule has 4 heterocycles.